The van der Waals surface area contributed by atoms with Crippen LogP contribution >= 0.6 is 11.8 Å². The molecule has 2 aliphatic heterocycles. The summed E-state index contributed by atoms with van der Waals surface area (Å²) < 4.78 is 0. The third-order valence-electron chi connectivity index (χ3n) is 4.28. The van der Waals surface area contributed by atoms with Gasteiger partial charge in [-0.3, -0.25) is 14.5 Å². The maximum atomic E-state index is 13.3. The van der Waals surface area contributed by atoms with Crippen LogP contribution in [-0.4, -0.2) is 34.7 Å². The highest BCUT2D eigenvalue weighted by Gasteiger charge is 2.58. The Morgan fingerprint density at radius 2 is 1.95 bits per heavy atom. The number of hydrogen-bond acceptors (Lipinski definition) is 3. The van der Waals surface area contributed by atoms with Gasteiger partial charge in [0.25, 0.3) is 5.91 Å². The van der Waals surface area contributed by atoms with Gasteiger partial charge in [0.2, 0.25) is 5.91 Å². The molecule has 0 spiro atoms. The summed E-state index contributed by atoms with van der Waals surface area (Å²) in [4.78, 5) is 29.6. The number of carbonyl (C=O) groups is 2. The van der Waals surface area contributed by atoms with E-state index in [4.69, 9.17) is 0 Å². The van der Waals surface area contributed by atoms with Crippen LogP contribution in [-0.2, 0) is 9.59 Å². The number of thioether (sulfide) groups is 1. The molecule has 0 bridgehead atoms. The van der Waals surface area contributed by atoms with Gasteiger partial charge < -0.3 is 4.90 Å². The first-order chi connectivity index (χ1) is 10.6. The Morgan fingerprint density at radius 1 is 1.27 bits per heavy atom. The minimum atomic E-state index is -0.745. The minimum absolute atomic E-state index is 0.0683. The lowest BCUT2D eigenvalue weighted by Gasteiger charge is -2.35. The number of fused-ring (bicyclic) bond motifs is 3. The van der Waals surface area contributed by atoms with Crippen molar-refractivity contribution in [1.29, 1.82) is 0 Å². The average Bonchev–Trinajstić information content (AvgIpc) is 3.02. The second-order valence-corrected chi connectivity index (χ2v) is 7.19. The van der Waals surface area contributed by atoms with Gasteiger partial charge in [-0.15, -0.1) is 0 Å². The molecule has 2 amide bonds. The lowest BCUT2D eigenvalue weighted by molar-refractivity contribution is -0.134. The maximum absolute atomic E-state index is 13.3. The smallest absolute Gasteiger partial charge is 0.259 e. The van der Waals surface area contributed by atoms with Gasteiger partial charge in [-0.05, 0) is 31.4 Å². The number of anilines is 1. The molecule has 1 atom stereocenters. The molecule has 0 radical (unpaired) electrons. The van der Waals surface area contributed by atoms with E-state index in [1.807, 2.05) is 29.2 Å². The fraction of sp³-hybridized carbons (Fsp3) is 0.529. The number of nitrogens with zero attached hydrogens (tertiary/aromatic N) is 2. The van der Waals surface area contributed by atoms with Crippen molar-refractivity contribution in [3.8, 4) is 0 Å². The van der Waals surface area contributed by atoms with Gasteiger partial charge in [-0.1, -0.05) is 37.7 Å². The molecule has 22 heavy (non-hydrogen) atoms. The summed E-state index contributed by atoms with van der Waals surface area (Å²) in [7, 11) is 0. The standard InChI is InChI=1S/C17H22N2O2S/c1-3-11-18(12-4-2)16(21)17-10-9-15(20)19(17)13-7-5-6-8-14(13)22-17/h5-8H,3-4,9-12H2,1-2H3/t17-/m0/s1. The predicted molar refractivity (Wildman–Crippen MR) is 88.9 cm³/mol. The largest absolute Gasteiger partial charge is 0.340 e. The Balaban J connectivity index is 1.98. The summed E-state index contributed by atoms with van der Waals surface area (Å²) in [5.41, 5.74) is 0.899. The van der Waals surface area contributed by atoms with Gasteiger partial charge >= 0.3 is 0 Å². The van der Waals surface area contributed by atoms with Crippen molar-refractivity contribution in [3.63, 3.8) is 0 Å². The van der Waals surface area contributed by atoms with Gasteiger partial charge in [-0.25, -0.2) is 0 Å². The van der Waals surface area contributed by atoms with Gasteiger partial charge in [-0.2, -0.15) is 0 Å². The summed E-state index contributed by atoms with van der Waals surface area (Å²) in [6.45, 7) is 5.68. The molecule has 1 aromatic rings. The van der Waals surface area contributed by atoms with Crippen molar-refractivity contribution in [2.75, 3.05) is 18.0 Å². The van der Waals surface area contributed by atoms with Crippen LogP contribution in [0.1, 0.15) is 39.5 Å². The molecule has 1 fully saturated rings. The summed E-state index contributed by atoms with van der Waals surface area (Å²) in [6, 6.07) is 7.85. The molecule has 4 nitrogen and oxygen atoms in total. The van der Waals surface area contributed by atoms with E-state index in [-0.39, 0.29) is 11.8 Å². The van der Waals surface area contributed by atoms with E-state index in [0.29, 0.717) is 12.8 Å². The van der Waals surface area contributed by atoms with Crippen molar-refractivity contribution in [1.82, 2.24) is 4.90 Å². The minimum Gasteiger partial charge on any atom is -0.340 e. The van der Waals surface area contributed by atoms with Crippen LogP contribution in [0, 0.1) is 0 Å². The molecule has 3 rings (SSSR count). The van der Waals surface area contributed by atoms with Gasteiger partial charge in [0.05, 0.1) is 5.69 Å². The third kappa shape index (κ3) is 2.22. The molecule has 1 aromatic carbocycles. The molecule has 0 aromatic heterocycles. The fourth-order valence-corrected chi connectivity index (χ4v) is 4.87. The van der Waals surface area contributed by atoms with E-state index in [9.17, 15) is 9.59 Å². The lowest BCUT2D eigenvalue weighted by atomic mass is 10.1. The Kier molecular flexibility index (Phi) is 4.17. The van der Waals surface area contributed by atoms with Gasteiger partial charge in [0.1, 0.15) is 0 Å². The Labute approximate surface area is 135 Å². The molecule has 1 saturated heterocycles. The Morgan fingerprint density at radius 3 is 2.64 bits per heavy atom. The van der Waals surface area contributed by atoms with E-state index in [1.54, 1.807) is 16.7 Å². The van der Waals surface area contributed by atoms with Crippen molar-refractivity contribution < 1.29 is 9.59 Å². The highest BCUT2D eigenvalue weighted by Crippen LogP contribution is 2.56. The van der Waals surface area contributed by atoms with Crippen LogP contribution in [0.2, 0.25) is 0 Å². The van der Waals surface area contributed by atoms with Gasteiger partial charge in [0.15, 0.2) is 4.87 Å². The summed E-state index contributed by atoms with van der Waals surface area (Å²) in [5, 5.41) is 0. The van der Waals surface area contributed by atoms with Crippen molar-refractivity contribution in [2.45, 2.75) is 49.3 Å². The molecule has 0 saturated carbocycles. The first kappa shape index (κ1) is 15.4. The Hall–Kier alpha value is -1.49. The number of benzene rings is 1. The lowest BCUT2D eigenvalue weighted by Crippen LogP contribution is -2.54. The third-order valence-corrected chi connectivity index (χ3v) is 5.75. The number of rotatable bonds is 5. The topological polar surface area (TPSA) is 40.6 Å². The second-order valence-electron chi connectivity index (χ2n) is 5.88. The normalized spacial score (nSPS) is 22.6. The zero-order chi connectivity index (χ0) is 15.7. The summed E-state index contributed by atoms with van der Waals surface area (Å²) >= 11 is 1.56. The van der Waals surface area contributed by atoms with Crippen molar-refractivity contribution >= 4 is 29.3 Å². The van der Waals surface area contributed by atoms with Crippen LogP contribution in [0.4, 0.5) is 5.69 Å². The molecule has 0 N–H and O–H groups in total. The fourth-order valence-electron chi connectivity index (χ4n) is 3.39. The summed E-state index contributed by atoms with van der Waals surface area (Å²) in [5.74, 6) is 0.169. The maximum Gasteiger partial charge on any atom is 0.259 e. The zero-order valence-corrected chi connectivity index (χ0v) is 14.0. The zero-order valence-electron chi connectivity index (χ0n) is 13.2. The van der Waals surface area contributed by atoms with Crippen molar-refractivity contribution in [3.05, 3.63) is 24.3 Å². The van der Waals surface area contributed by atoms with E-state index in [2.05, 4.69) is 13.8 Å². The van der Waals surface area contributed by atoms with Crippen LogP contribution in [0.5, 0.6) is 0 Å². The highest BCUT2D eigenvalue weighted by molar-refractivity contribution is 8.02. The number of amides is 2. The quantitative estimate of drug-likeness (QED) is 0.836. The first-order valence-corrected chi connectivity index (χ1v) is 8.86. The SMILES string of the molecule is CCCN(CCC)C(=O)[C@@]12CCC(=O)N1c1ccccc1S2. The highest BCUT2D eigenvalue weighted by atomic mass is 32.2. The van der Waals surface area contributed by atoms with Crippen LogP contribution < -0.4 is 4.90 Å². The van der Waals surface area contributed by atoms with Gasteiger partial charge in [0, 0.05) is 24.4 Å². The molecule has 2 heterocycles. The van der Waals surface area contributed by atoms with Crippen molar-refractivity contribution in [2.24, 2.45) is 0 Å². The predicted octanol–water partition coefficient (Wildman–Crippen LogP) is 3.26. The molecule has 5 heteroatoms. The molecule has 0 unspecified atom stereocenters. The number of para-hydroxylation sites is 1. The van der Waals surface area contributed by atoms with E-state index in [0.717, 1.165) is 36.5 Å². The first-order valence-electron chi connectivity index (χ1n) is 8.04. The number of carbonyl (C=O) groups excluding carboxylic acids is 2. The average molecular weight is 318 g/mol. The number of hydrogen-bond donors (Lipinski definition) is 0. The Bertz CT molecular complexity index is 598. The molecule has 0 aliphatic carbocycles. The molecular formula is C17H22N2O2S. The monoisotopic (exact) mass is 318 g/mol. The molecular weight excluding hydrogens is 296 g/mol. The van der Waals surface area contributed by atoms with E-state index in [1.165, 1.54) is 0 Å². The van der Waals surface area contributed by atoms with Crippen LogP contribution in [0.25, 0.3) is 0 Å². The van der Waals surface area contributed by atoms with Crippen LogP contribution in [0.3, 0.4) is 0 Å². The molecule has 118 valence electrons. The van der Waals surface area contributed by atoms with E-state index < -0.39 is 4.87 Å². The van der Waals surface area contributed by atoms with Crippen LogP contribution in [0.15, 0.2) is 29.2 Å². The summed E-state index contributed by atoms with van der Waals surface area (Å²) in [6.07, 6.45) is 2.94. The second kappa shape index (κ2) is 5.95. The molecule has 2 aliphatic rings. The van der Waals surface area contributed by atoms with E-state index >= 15 is 0 Å².